The molecule has 122 valence electrons. The number of carbonyl (C=O) groups excluding carboxylic acids is 1. The van der Waals surface area contributed by atoms with Gasteiger partial charge in [0.1, 0.15) is 5.76 Å². The summed E-state index contributed by atoms with van der Waals surface area (Å²) in [5.74, 6) is 1.81. The first-order chi connectivity index (χ1) is 11.2. The highest BCUT2D eigenvalue weighted by Gasteiger charge is 2.14. The smallest absolute Gasteiger partial charge is 0.251 e. The summed E-state index contributed by atoms with van der Waals surface area (Å²) >= 11 is 0. The van der Waals surface area contributed by atoms with Gasteiger partial charge in [-0.1, -0.05) is 12.2 Å². The number of benzene rings is 1. The van der Waals surface area contributed by atoms with Gasteiger partial charge in [-0.3, -0.25) is 4.79 Å². The van der Waals surface area contributed by atoms with E-state index >= 15 is 0 Å². The lowest BCUT2D eigenvalue weighted by Gasteiger charge is -2.13. The van der Waals surface area contributed by atoms with Gasteiger partial charge in [-0.2, -0.15) is 0 Å². The lowest BCUT2D eigenvalue weighted by molar-refractivity contribution is 0.0953. The summed E-state index contributed by atoms with van der Waals surface area (Å²) in [5.41, 5.74) is 1.32. The third kappa shape index (κ3) is 4.16. The Balaban J connectivity index is 2.14. The van der Waals surface area contributed by atoms with Crippen LogP contribution >= 0.6 is 0 Å². The molecule has 0 unspecified atom stereocenters. The fourth-order valence-corrected chi connectivity index (χ4v) is 2.28. The first-order valence-corrected chi connectivity index (χ1v) is 7.39. The van der Waals surface area contributed by atoms with Crippen molar-refractivity contribution in [1.82, 2.24) is 5.32 Å². The number of carbonyl (C=O) groups is 1. The molecule has 1 aromatic carbocycles. The van der Waals surface area contributed by atoms with Gasteiger partial charge in [0.2, 0.25) is 0 Å². The minimum absolute atomic E-state index is 0.164. The number of rotatable bonds is 7. The Morgan fingerprint density at radius 2 is 2.13 bits per heavy atom. The van der Waals surface area contributed by atoms with E-state index in [1.807, 2.05) is 31.2 Å². The second-order valence-electron chi connectivity index (χ2n) is 4.89. The van der Waals surface area contributed by atoms with E-state index in [4.69, 9.17) is 13.9 Å². The molecule has 0 atom stereocenters. The van der Waals surface area contributed by atoms with E-state index in [1.165, 1.54) is 0 Å². The molecule has 0 saturated carbocycles. The van der Waals surface area contributed by atoms with Crippen molar-refractivity contribution in [2.45, 2.75) is 13.3 Å². The fourth-order valence-electron chi connectivity index (χ4n) is 2.28. The van der Waals surface area contributed by atoms with Gasteiger partial charge in [0.15, 0.2) is 11.5 Å². The molecule has 1 heterocycles. The predicted molar refractivity (Wildman–Crippen MR) is 89.0 cm³/mol. The molecule has 0 spiro atoms. The average Bonchev–Trinajstić information content (AvgIpc) is 3.07. The Hall–Kier alpha value is -2.69. The molecule has 0 radical (unpaired) electrons. The first kappa shape index (κ1) is 16.7. The van der Waals surface area contributed by atoms with E-state index in [0.29, 0.717) is 30.0 Å². The van der Waals surface area contributed by atoms with Crippen molar-refractivity contribution in [1.29, 1.82) is 0 Å². The maximum atomic E-state index is 12.3. The van der Waals surface area contributed by atoms with Crippen molar-refractivity contribution >= 4 is 12.0 Å². The average molecular weight is 315 g/mol. The molecule has 1 aromatic heterocycles. The van der Waals surface area contributed by atoms with Crippen LogP contribution in [-0.2, 0) is 6.42 Å². The largest absolute Gasteiger partial charge is 0.493 e. The van der Waals surface area contributed by atoms with Crippen molar-refractivity contribution in [2.24, 2.45) is 0 Å². The molecular weight excluding hydrogens is 294 g/mol. The van der Waals surface area contributed by atoms with Crippen LogP contribution in [0.15, 0.2) is 41.0 Å². The molecule has 0 aliphatic rings. The molecular formula is C18H21NO4. The number of ether oxygens (including phenoxy) is 2. The maximum absolute atomic E-state index is 12.3. The van der Waals surface area contributed by atoms with E-state index in [1.54, 1.807) is 32.6 Å². The number of hydrogen-bond acceptors (Lipinski definition) is 4. The molecule has 0 bridgehead atoms. The Bertz CT molecular complexity index is 675. The maximum Gasteiger partial charge on any atom is 0.251 e. The van der Waals surface area contributed by atoms with Crippen LogP contribution in [-0.4, -0.2) is 26.7 Å². The Morgan fingerprint density at radius 1 is 1.30 bits per heavy atom. The van der Waals surface area contributed by atoms with Crippen LogP contribution in [0, 0.1) is 0 Å². The topological polar surface area (TPSA) is 60.7 Å². The van der Waals surface area contributed by atoms with Crippen LogP contribution in [0.4, 0.5) is 0 Å². The molecule has 0 aliphatic carbocycles. The predicted octanol–water partition coefficient (Wildman–Crippen LogP) is 3.30. The summed E-state index contributed by atoms with van der Waals surface area (Å²) in [6, 6.07) is 7.17. The minimum atomic E-state index is -0.164. The normalized spacial score (nSPS) is 10.7. The third-order valence-electron chi connectivity index (χ3n) is 3.35. The van der Waals surface area contributed by atoms with Crippen LogP contribution < -0.4 is 14.8 Å². The van der Waals surface area contributed by atoms with Crippen LogP contribution in [0.5, 0.6) is 11.5 Å². The lowest BCUT2D eigenvalue weighted by Crippen LogP contribution is -2.25. The molecule has 2 rings (SSSR count). The van der Waals surface area contributed by atoms with E-state index in [9.17, 15) is 4.79 Å². The summed E-state index contributed by atoms with van der Waals surface area (Å²) in [7, 11) is 3.13. The SMILES string of the molecule is C/C=C/c1cc(C(=O)NCCc2ccco2)cc(OC)c1OC. The van der Waals surface area contributed by atoms with Gasteiger partial charge in [0.25, 0.3) is 5.91 Å². The third-order valence-corrected chi connectivity index (χ3v) is 3.35. The minimum Gasteiger partial charge on any atom is -0.493 e. The second kappa shape index (κ2) is 8.08. The van der Waals surface area contributed by atoms with Crippen LogP contribution in [0.2, 0.25) is 0 Å². The van der Waals surface area contributed by atoms with Gasteiger partial charge < -0.3 is 19.2 Å². The highest BCUT2D eigenvalue weighted by atomic mass is 16.5. The summed E-state index contributed by atoms with van der Waals surface area (Å²) in [6.45, 7) is 2.40. The zero-order valence-corrected chi connectivity index (χ0v) is 13.6. The molecule has 1 N–H and O–H groups in total. The van der Waals surface area contributed by atoms with Gasteiger partial charge >= 0.3 is 0 Å². The first-order valence-electron chi connectivity index (χ1n) is 7.39. The van der Waals surface area contributed by atoms with Gasteiger partial charge in [0, 0.05) is 24.1 Å². The van der Waals surface area contributed by atoms with Crippen molar-refractivity contribution in [3.63, 3.8) is 0 Å². The van der Waals surface area contributed by atoms with E-state index in [0.717, 1.165) is 11.3 Å². The Labute approximate surface area is 135 Å². The van der Waals surface area contributed by atoms with Crippen LogP contribution in [0.1, 0.15) is 28.6 Å². The van der Waals surface area contributed by atoms with Crippen molar-refractivity contribution in [3.8, 4) is 11.5 Å². The number of furan rings is 1. The molecule has 23 heavy (non-hydrogen) atoms. The number of allylic oxidation sites excluding steroid dienone is 1. The molecule has 0 fully saturated rings. The standard InChI is InChI=1S/C18H21NO4/c1-4-6-13-11-14(12-16(21-2)17(13)22-3)18(20)19-9-8-15-7-5-10-23-15/h4-7,10-12H,8-9H2,1-3H3,(H,19,20)/b6-4+. The van der Waals surface area contributed by atoms with Gasteiger partial charge in [-0.15, -0.1) is 0 Å². The molecule has 1 amide bonds. The zero-order chi connectivity index (χ0) is 16.7. The summed E-state index contributed by atoms with van der Waals surface area (Å²) in [4.78, 5) is 12.3. The highest BCUT2D eigenvalue weighted by Crippen LogP contribution is 2.33. The second-order valence-corrected chi connectivity index (χ2v) is 4.89. The number of methoxy groups -OCH3 is 2. The number of hydrogen-bond donors (Lipinski definition) is 1. The molecule has 5 heteroatoms. The van der Waals surface area contributed by atoms with Gasteiger partial charge in [-0.25, -0.2) is 0 Å². The molecule has 0 aliphatic heterocycles. The number of amides is 1. The highest BCUT2D eigenvalue weighted by molar-refractivity contribution is 5.95. The Morgan fingerprint density at radius 3 is 2.74 bits per heavy atom. The quantitative estimate of drug-likeness (QED) is 0.851. The van der Waals surface area contributed by atoms with E-state index < -0.39 is 0 Å². The molecule has 5 nitrogen and oxygen atoms in total. The fraction of sp³-hybridized carbons (Fsp3) is 0.278. The zero-order valence-electron chi connectivity index (χ0n) is 13.6. The summed E-state index contributed by atoms with van der Waals surface area (Å²) in [5, 5.41) is 2.88. The lowest BCUT2D eigenvalue weighted by atomic mass is 10.1. The molecule has 2 aromatic rings. The van der Waals surface area contributed by atoms with Crippen LogP contribution in [0.3, 0.4) is 0 Å². The monoisotopic (exact) mass is 315 g/mol. The van der Waals surface area contributed by atoms with E-state index in [2.05, 4.69) is 5.32 Å². The van der Waals surface area contributed by atoms with Crippen molar-refractivity contribution in [3.05, 3.63) is 53.5 Å². The number of nitrogens with one attached hydrogen (secondary N) is 1. The van der Waals surface area contributed by atoms with Gasteiger partial charge in [0.05, 0.1) is 20.5 Å². The Kier molecular flexibility index (Phi) is 5.86. The van der Waals surface area contributed by atoms with Crippen LogP contribution in [0.25, 0.3) is 6.08 Å². The van der Waals surface area contributed by atoms with Crippen molar-refractivity contribution < 1.29 is 18.7 Å². The van der Waals surface area contributed by atoms with Gasteiger partial charge in [-0.05, 0) is 31.2 Å². The summed E-state index contributed by atoms with van der Waals surface area (Å²) < 4.78 is 15.9. The van der Waals surface area contributed by atoms with Crippen molar-refractivity contribution in [2.75, 3.05) is 20.8 Å². The molecule has 0 saturated heterocycles. The summed E-state index contributed by atoms with van der Waals surface area (Å²) in [6.07, 6.45) is 6.03. The van der Waals surface area contributed by atoms with E-state index in [-0.39, 0.29) is 5.91 Å².